The van der Waals surface area contributed by atoms with Crippen LogP contribution in [0.4, 0.5) is 11.4 Å². The smallest absolute Gasteiger partial charge is 0.269 e. The van der Waals surface area contributed by atoms with Gasteiger partial charge < -0.3 is 5.32 Å². The summed E-state index contributed by atoms with van der Waals surface area (Å²) in [4.78, 5) is 33.9. The number of nitro benzene ring substituents is 1. The Morgan fingerprint density at radius 1 is 1.07 bits per heavy atom. The van der Waals surface area contributed by atoms with E-state index in [1.54, 1.807) is 25.1 Å². The summed E-state index contributed by atoms with van der Waals surface area (Å²) < 4.78 is 0.913. The average Bonchev–Trinajstić information content (AvgIpc) is 2.66. The minimum atomic E-state index is -0.487. The molecule has 0 fully saturated rings. The number of carbonyl (C=O) groups is 2. The van der Waals surface area contributed by atoms with Crippen LogP contribution >= 0.6 is 22.6 Å². The van der Waals surface area contributed by atoms with Crippen LogP contribution in [-0.2, 0) is 9.59 Å². The van der Waals surface area contributed by atoms with Crippen molar-refractivity contribution in [2.75, 3.05) is 5.32 Å². The van der Waals surface area contributed by atoms with E-state index in [-0.39, 0.29) is 24.4 Å². The lowest BCUT2D eigenvalue weighted by Gasteiger charge is -2.07. The number of non-ortho nitro benzene ring substituents is 1. The number of halogens is 1. The molecule has 0 unspecified atom stereocenters. The second-order valence-electron chi connectivity index (χ2n) is 5.56. The predicted octanol–water partition coefficient (Wildman–Crippen LogP) is 3.46. The molecular weight excluding hydrogens is 463 g/mol. The van der Waals surface area contributed by atoms with E-state index in [9.17, 15) is 19.7 Å². The topological polar surface area (TPSA) is 114 Å². The Balaban J connectivity index is 1.82. The van der Waals surface area contributed by atoms with Crippen LogP contribution in [0.15, 0.2) is 53.6 Å². The first kappa shape index (κ1) is 20.5. The van der Waals surface area contributed by atoms with Crippen molar-refractivity contribution < 1.29 is 14.5 Å². The second kappa shape index (κ2) is 9.76. The van der Waals surface area contributed by atoms with E-state index >= 15 is 0 Å². The number of anilines is 1. The van der Waals surface area contributed by atoms with Gasteiger partial charge in [-0.1, -0.05) is 12.1 Å². The minimum absolute atomic E-state index is 0.00765. The summed E-state index contributed by atoms with van der Waals surface area (Å²) >= 11 is 2.12. The molecule has 0 saturated heterocycles. The Bertz CT molecular complexity index is 881. The Labute approximate surface area is 169 Å². The van der Waals surface area contributed by atoms with E-state index in [0.717, 1.165) is 3.57 Å². The number of benzene rings is 2. The Hall–Kier alpha value is -2.82. The summed E-state index contributed by atoms with van der Waals surface area (Å²) in [7, 11) is 0. The molecule has 0 bridgehead atoms. The number of hydrogen-bond donors (Lipinski definition) is 2. The van der Waals surface area contributed by atoms with Crippen molar-refractivity contribution in [3.05, 3.63) is 67.8 Å². The number of para-hydroxylation sites is 1. The highest BCUT2D eigenvalue weighted by Gasteiger charge is 2.09. The molecule has 140 valence electrons. The Morgan fingerprint density at radius 3 is 2.33 bits per heavy atom. The lowest BCUT2D eigenvalue weighted by molar-refractivity contribution is -0.384. The molecule has 2 rings (SSSR count). The highest BCUT2D eigenvalue weighted by molar-refractivity contribution is 14.1. The fourth-order valence-electron chi connectivity index (χ4n) is 2.09. The maximum absolute atomic E-state index is 11.9. The molecule has 27 heavy (non-hydrogen) atoms. The predicted molar refractivity (Wildman–Crippen MR) is 110 cm³/mol. The van der Waals surface area contributed by atoms with E-state index in [1.165, 1.54) is 12.1 Å². The van der Waals surface area contributed by atoms with Crippen molar-refractivity contribution >= 4 is 51.5 Å². The molecule has 8 nitrogen and oxygen atoms in total. The van der Waals surface area contributed by atoms with Crippen LogP contribution in [-0.4, -0.2) is 22.4 Å². The lowest BCUT2D eigenvalue weighted by atomic mass is 10.1. The van der Waals surface area contributed by atoms with Gasteiger partial charge in [0, 0.05) is 28.5 Å². The quantitative estimate of drug-likeness (QED) is 0.274. The minimum Gasteiger partial charge on any atom is -0.325 e. The Kier molecular flexibility index (Phi) is 7.41. The van der Waals surface area contributed by atoms with Gasteiger partial charge in [0.15, 0.2) is 0 Å². The zero-order chi connectivity index (χ0) is 19.8. The molecule has 2 aromatic rings. The summed E-state index contributed by atoms with van der Waals surface area (Å²) in [5, 5.41) is 17.4. The molecule has 0 aromatic heterocycles. The third kappa shape index (κ3) is 6.44. The van der Waals surface area contributed by atoms with Crippen LogP contribution < -0.4 is 10.7 Å². The van der Waals surface area contributed by atoms with Gasteiger partial charge in [-0.15, -0.1) is 0 Å². The van der Waals surface area contributed by atoms with Gasteiger partial charge in [0.1, 0.15) is 0 Å². The van der Waals surface area contributed by atoms with Crippen molar-refractivity contribution in [2.45, 2.75) is 19.8 Å². The molecule has 2 aromatic carbocycles. The second-order valence-corrected chi connectivity index (χ2v) is 6.73. The van der Waals surface area contributed by atoms with Gasteiger partial charge in [0.05, 0.1) is 16.3 Å². The standard InChI is InChI=1S/C18H17IN4O4/c1-12(13-6-8-14(9-7-13)23(26)27)21-22-18(25)11-10-17(24)20-16-5-3-2-4-15(16)19/h2-9H,10-11H2,1H3,(H,20,24)(H,22,25)/b21-12+. The van der Waals surface area contributed by atoms with Crippen LogP contribution in [0.3, 0.4) is 0 Å². The summed E-state index contributed by atoms with van der Waals surface area (Å²) in [5.41, 5.74) is 4.22. The van der Waals surface area contributed by atoms with Crippen LogP contribution in [0.5, 0.6) is 0 Å². The summed E-state index contributed by atoms with van der Waals surface area (Å²) in [6.45, 7) is 1.67. The molecule has 0 radical (unpaired) electrons. The molecule has 0 spiro atoms. The van der Waals surface area contributed by atoms with Crippen LogP contribution in [0, 0.1) is 13.7 Å². The number of hydrazone groups is 1. The van der Waals surface area contributed by atoms with Gasteiger partial charge in [0.2, 0.25) is 11.8 Å². The van der Waals surface area contributed by atoms with Gasteiger partial charge in [0.25, 0.3) is 5.69 Å². The molecule has 0 saturated carbocycles. The number of rotatable bonds is 7. The highest BCUT2D eigenvalue weighted by Crippen LogP contribution is 2.17. The first-order valence-corrected chi connectivity index (χ1v) is 9.07. The van der Waals surface area contributed by atoms with E-state index < -0.39 is 10.8 Å². The van der Waals surface area contributed by atoms with Crippen molar-refractivity contribution in [2.24, 2.45) is 5.10 Å². The normalized spacial score (nSPS) is 11.0. The molecule has 2 N–H and O–H groups in total. The SMILES string of the molecule is C/C(=N\NC(=O)CCC(=O)Nc1ccccc1I)c1ccc([N+](=O)[O-])cc1. The van der Waals surface area contributed by atoms with Gasteiger partial charge >= 0.3 is 0 Å². The van der Waals surface area contributed by atoms with Crippen molar-refractivity contribution in [3.63, 3.8) is 0 Å². The average molecular weight is 480 g/mol. The number of nitrogens with zero attached hydrogens (tertiary/aromatic N) is 2. The lowest BCUT2D eigenvalue weighted by Crippen LogP contribution is -2.22. The van der Waals surface area contributed by atoms with E-state index in [0.29, 0.717) is 17.0 Å². The zero-order valence-corrected chi connectivity index (χ0v) is 16.6. The van der Waals surface area contributed by atoms with Gasteiger partial charge in [-0.2, -0.15) is 5.10 Å². The molecule has 0 aliphatic heterocycles. The first-order valence-electron chi connectivity index (χ1n) is 7.99. The van der Waals surface area contributed by atoms with Crippen LogP contribution in [0.25, 0.3) is 0 Å². The molecule has 9 heteroatoms. The van der Waals surface area contributed by atoms with Crippen LogP contribution in [0.1, 0.15) is 25.3 Å². The van der Waals surface area contributed by atoms with E-state index in [4.69, 9.17) is 0 Å². The third-order valence-corrected chi connectivity index (χ3v) is 4.51. The monoisotopic (exact) mass is 480 g/mol. The molecular formula is C18H17IN4O4. The van der Waals surface area contributed by atoms with Crippen LogP contribution in [0.2, 0.25) is 0 Å². The fourth-order valence-corrected chi connectivity index (χ4v) is 2.62. The Morgan fingerprint density at radius 2 is 1.70 bits per heavy atom. The molecule has 0 atom stereocenters. The molecule has 0 heterocycles. The molecule has 2 amide bonds. The van der Waals surface area contributed by atoms with Gasteiger partial charge in [-0.05, 0) is 59.3 Å². The summed E-state index contributed by atoms with van der Waals surface area (Å²) in [5.74, 6) is -0.653. The van der Waals surface area contributed by atoms with Crippen molar-refractivity contribution in [1.29, 1.82) is 0 Å². The first-order chi connectivity index (χ1) is 12.9. The largest absolute Gasteiger partial charge is 0.325 e. The number of nitro groups is 1. The number of nitrogens with one attached hydrogen (secondary N) is 2. The number of hydrogen-bond acceptors (Lipinski definition) is 5. The molecule has 0 aliphatic carbocycles. The van der Waals surface area contributed by atoms with Gasteiger partial charge in [-0.3, -0.25) is 19.7 Å². The number of amides is 2. The summed E-state index contributed by atoms with van der Waals surface area (Å²) in [6.07, 6.45) is 0.0230. The maximum atomic E-state index is 11.9. The maximum Gasteiger partial charge on any atom is 0.269 e. The fraction of sp³-hybridized carbons (Fsp3) is 0.167. The highest BCUT2D eigenvalue weighted by atomic mass is 127. The van der Waals surface area contributed by atoms with Gasteiger partial charge in [-0.25, -0.2) is 5.43 Å². The van der Waals surface area contributed by atoms with Crippen molar-refractivity contribution in [3.8, 4) is 0 Å². The van der Waals surface area contributed by atoms with Crippen molar-refractivity contribution in [1.82, 2.24) is 5.43 Å². The number of carbonyl (C=O) groups excluding carboxylic acids is 2. The molecule has 0 aliphatic rings. The van der Waals surface area contributed by atoms with E-state index in [1.807, 2.05) is 18.2 Å². The van der Waals surface area contributed by atoms with E-state index in [2.05, 4.69) is 38.4 Å². The summed E-state index contributed by atoms with van der Waals surface area (Å²) in [6, 6.07) is 13.2. The third-order valence-electron chi connectivity index (χ3n) is 3.57. The zero-order valence-electron chi connectivity index (χ0n) is 14.4.